The van der Waals surface area contributed by atoms with Crippen molar-refractivity contribution in [2.45, 2.75) is 39.5 Å². The average Bonchev–Trinajstić information content (AvgIpc) is 2.02. The minimum atomic E-state index is -0.0445. The maximum atomic E-state index is 11.1. The van der Waals surface area contributed by atoms with Crippen LogP contribution in [-0.2, 0) is 10.2 Å². The highest BCUT2D eigenvalue weighted by Crippen LogP contribution is 2.29. The molecule has 1 heteroatoms. The number of benzene rings is 1. The largest absolute Gasteiger partial charge is 0.300 e. The Kier molecular flexibility index (Phi) is 3.10. The predicted molar refractivity (Wildman–Crippen MR) is 59.5 cm³/mol. The molecule has 0 unspecified atom stereocenters. The Bertz CT molecular complexity index is 337. The second kappa shape index (κ2) is 3.95. The molecule has 14 heavy (non-hydrogen) atoms. The lowest BCUT2D eigenvalue weighted by atomic mass is 9.78. The number of carbonyl (C=O) groups is 1. The van der Waals surface area contributed by atoms with Crippen LogP contribution < -0.4 is 0 Å². The second-order valence-corrected chi connectivity index (χ2v) is 4.58. The zero-order valence-electron chi connectivity index (χ0n) is 9.42. The molecule has 1 nitrogen and oxygen atoms in total. The Morgan fingerprint density at radius 1 is 1.29 bits per heavy atom. The van der Waals surface area contributed by atoms with E-state index in [0.717, 1.165) is 0 Å². The van der Waals surface area contributed by atoms with E-state index >= 15 is 0 Å². The summed E-state index contributed by atoms with van der Waals surface area (Å²) < 4.78 is 0. The van der Waals surface area contributed by atoms with Crippen molar-refractivity contribution in [3.8, 4) is 0 Å². The summed E-state index contributed by atoms with van der Waals surface area (Å²) in [7, 11) is 0. The number of ketones is 1. The molecule has 0 aliphatic heterocycles. The molecule has 1 aromatic carbocycles. The van der Waals surface area contributed by atoms with Gasteiger partial charge >= 0.3 is 0 Å². The standard InChI is InChI=1S/C13H18O/c1-10-7-5-6-8-12(10)13(3,4)9-11(2)14/h5-8H,9H2,1-4H3. The molecule has 0 aliphatic rings. The highest BCUT2D eigenvalue weighted by molar-refractivity contribution is 5.77. The molecular formula is C13H18O. The van der Waals surface area contributed by atoms with Gasteiger partial charge in [-0.1, -0.05) is 38.1 Å². The molecule has 0 spiro atoms. The molecule has 0 bridgehead atoms. The van der Waals surface area contributed by atoms with Gasteiger partial charge in [0.2, 0.25) is 0 Å². The van der Waals surface area contributed by atoms with Gasteiger partial charge < -0.3 is 0 Å². The number of hydrogen-bond donors (Lipinski definition) is 0. The maximum absolute atomic E-state index is 11.1. The summed E-state index contributed by atoms with van der Waals surface area (Å²) in [5.41, 5.74) is 2.49. The number of Topliss-reactive ketones (excluding diaryl/α,β-unsaturated/α-hetero) is 1. The second-order valence-electron chi connectivity index (χ2n) is 4.58. The Morgan fingerprint density at radius 2 is 1.86 bits per heavy atom. The van der Waals surface area contributed by atoms with Gasteiger partial charge in [0.1, 0.15) is 5.78 Å². The molecule has 1 aromatic rings. The van der Waals surface area contributed by atoms with E-state index in [1.54, 1.807) is 6.92 Å². The summed E-state index contributed by atoms with van der Waals surface area (Å²) >= 11 is 0. The first-order valence-electron chi connectivity index (χ1n) is 4.99. The lowest BCUT2D eigenvalue weighted by Gasteiger charge is -2.25. The van der Waals surface area contributed by atoms with E-state index in [2.05, 4.69) is 32.9 Å². The van der Waals surface area contributed by atoms with Crippen LogP contribution in [0.2, 0.25) is 0 Å². The van der Waals surface area contributed by atoms with E-state index in [-0.39, 0.29) is 11.2 Å². The summed E-state index contributed by atoms with van der Waals surface area (Å²) in [5, 5.41) is 0. The molecule has 0 N–H and O–H groups in total. The van der Waals surface area contributed by atoms with Crippen molar-refractivity contribution in [2.75, 3.05) is 0 Å². The maximum Gasteiger partial charge on any atom is 0.130 e. The van der Waals surface area contributed by atoms with E-state index in [4.69, 9.17) is 0 Å². The third-order valence-corrected chi connectivity index (χ3v) is 2.57. The first-order valence-corrected chi connectivity index (χ1v) is 4.99. The van der Waals surface area contributed by atoms with Crippen LogP contribution in [0, 0.1) is 6.92 Å². The van der Waals surface area contributed by atoms with Crippen LogP contribution in [0.3, 0.4) is 0 Å². The predicted octanol–water partition coefficient (Wildman–Crippen LogP) is 3.25. The van der Waals surface area contributed by atoms with Gasteiger partial charge in [-0.3, -0.25) is 4.79 Å². The van der Waals surface area contributed by atoms with Crippen molar-refractivity contribution in [1.82, 2.24) is 0 Å². The van der Waals surface area contributed by atoms with E-state index < -0.39 is 0 Å². The summed E-state index contributed by atoms with van der Waals surface area (Å²) in [4.78, 5) is 11.1. The normalized spacial score (nSPS) is 11.4. The molecule has 0 aliphatic carbocycles. The van der Waals surface area contributed by atoms with Crippen molar-refractivity contribution in [3.63, 3.8) is 0 Å². The summed E-state index contributed by atoms with van der Waals surface area (Å²) in [6.45, 7) is 7.99. The lowest BCUT2D eigenvalue weighted by molar-refractivity contribution is -0.118. The van der Waals surface area contributed by atoms with Crippen molar-refractivity contribution >= 4 is 5.78 Å². The Labute approximate surface area is 86.1 Å². The van der Waals surface area contributed by atoms with Crippen LogP contribution in [0.1, 0.15) is 38.3 Å². The fourth-order valence-corrected chi connectivity index (χ4v) is 2.05. The van der Waals surface area contributed by atoms with E-state index in [9.17, 15) is 4.79 Å². The van der Waals surface area contributed by atoms with Crippen molar-refractivity contribution in [3.05, 3.63) is 35.4 Å². The van der Waals surface area contributed by atoms with Crippen LogP contribution in [-0.4, -0.2) is 5.78 Å². The van der Waals surface area contributed by atoms with Gasteiger partial charge in [0.05, 0.1) is 0 Å². The number of rotatable bonds is 3. The van der Waals surface area contributed by atoms with Crippen molar-refractivity contribution in [2.24, 2.45) is 0 Å². The topological polar surface area (TPSA) is 17.1 Å². The Balaban J connectivity index is 3.03. The van der Waals surface area contributed by atoms with Crippen LogP contribution in [0.25, 0.3) is 0 Å². The molecule has 0 radical (unpaired) electrons. The van der Waals surface area contributed by atoms with Crippen molar-refractivity contribution < 1.29 is 4.79 Å². The molecular weight excluding hydrogens is 172 g/mol. The summed E-state index contributed by atoms with van der Waals surface area (Å²) in [6.07, 6.45) is 0.609. The average molecular weight is 190 g/mol. The lowest BCUT2D eigenvalue weighted by Crippen LogP contribution is -2.21. The number of carbonyl (C=O) groups excluding carboxylic acids is 1. The van der Waals surface area contributed by atoms with Gasteiger partial charge in [-0.05, 0) is 30.4 Å². The molecule has 0 heterocycles. The van der Waals surface area contributed by atoms with Crippen molar-refractivity contribution in [1.29, 1.82) is 0 Å². The smallest absolute Gasteiger partial charge is 0.130 e. The molecule has 76 valence electrons. The van der Waals surface area contributed by atoms with Crippen LogP contribution in [0.15, 0.2) is 24.3 Å². The highest BCUT2D eigenvalue weighted by atomic mass is 16.1. The zero-order chi connectivity index (χ0) is 10.8. The van der Waals surface area contributed by atoms with Crippen LogP contribution >= 0.6 is 0 Å². The van der Waals surface area contributed by atoms with Gasteiger partial charge in [-0.15, -0.1) is 0 Å². The quantitative estimate of drug-likeness (QED) is 0.715. The van der Waals surface area contributed by atoms with Gasteiger partial charge in [0.25, 0.3) is 0 Å². The first-order chi connectivity index (χ1) is 6.43. The summed E-state index contributed by atoms with van der Waals surface area (Å²) in [5.74, 6) is 0.248. The molecule has 1 rings (SSSR count). The molecule has 0 aromatic heterocycles. The molecule has 0 fully saturated rings. The van der Waals surface area contributed by atoms with E-state index in [1.165, 1.54) is 11.1 Å². The fourth-order valence-electron chi connectivity index (χ4n) is 2.05. The van der Waals surface area contributed by atoms with Crippen LogP contribution in [0.4, 0.5) is 0 Å². The highest BCUT2D eigenvalue weighted by Gasteiger charge is 2.23. The Morgan fingerprint density at radius 3 is 2.36 bits per heavy atom. The van der Waals surface area contributed by atoms with Gasteiger partial charge in [0, 0.05) is 6.42 Å². The number of hydrogen-bond acceptors (Lipinski definition) is 1. The Hall–Kier alpha value is -1.11. The summed E-state index contributed by atoms with van der Waals surface area (Å²) in [6, 6.07) is 8.27. The van der Waals surface area contributed by atoms with Gasteiger partial charge in [-0.2, -0.15) is 0 Å². The SMILES string of the molecule is CC(=O)CC(C)(C)c1ccccc1C. The van der Waals surface area contributed by atoms with Gasteiger partial charge in [-0.25, -0.2) is 0 Å². The number of aryl methyl sites for hydroxylation is 1. The molecule has 0 saturated heterocycles. The molecule has 0 amide bonds. The van der Waals surface area contributed by atoms with Crippen LogP contribution in [0.5, 0.6) is 0 Å². The molecule has 0 saturated carbocycles. The minimum absolute atomic E-state index is 0.0445. The third kappa shape index (κ3) is 2.44. The fraction of sp³-hybridized carbons (Fsp3) is 0.462. The third-order valence-electron chi connectivity index (χ3n) is 2.57. The minimum Gasteiger partial charge on any atom is -0.300 e. The van der Waals surface area contributed by atoms with E-state index in [1.807, 2.05) is 12.1 Å². The van der Waals surface area contributed by atoms with Gasteiger partial charge in [0.15, 0.2) is 0 Å². The molecule has 0 atom stereocenters. The monoisotopic (exact) mass is 190 g/mol. The first kappa shape index (κ1) is 11.0. The zero-order valence-corrected chi connectivity index (χ0v) is 9.42. The van der Waals surface area contributed by atoms with E-state index in [0.29, 0.717) is 6.42 Å².